The van der Waals surface area contributed by atoms with E-state index in [1.807, 2.05) is 38.4 Å². The maximum absolute atomic E-state index is 13.4. The standard InChI is InChI=1S/C29H35B3N6O4S/c1-4-42-28-22-23-20(14-19(15-33-23)25-27(29(30,31)32)35-36-37(25)2)38(26(22)21(16-34-28)43(3,39)40)24(17-8-6-5-7-9-17)18-10-12-41-13-11-18/h5-9,14-16,18,24H,4,10-13,30-32H2,1-3H3/t24-/m1/s1. The van der Waals surface area contributed by atoms with Gasteiger partial charge in [-0.25, -0.2) is 18.1 Å². The van der Waals surface area contributed by atoms with Gasteiger partial charge in [0.2, 0.25) is 5.88 Å². The summed E-state index contributed by atoms with van der Waals surface area (Å²) in [4.78, 5) is 9.66. The van der Waals surface area contributed by atoms with Gasteiger partial charge in [-0.3, -0.25) is 4.98 Å². The molecule has 1 saturated heterocycles. The SMILES string of the molecule is BC(B)(B)c1nnn(C)c1-c1cnc2c3c(OCC)ncc(S(C)(=O)=O)c3n([C@H](c3ccccc3)C3CCOCC3)c2c1. The van der Waals surface area contributed by atoms with Crippen molar-refractivity contribution in [3.63, 3.8) is 0 Å². The topological polar surface area (TPSA) is 114 Å². The summed E-state index contributed by atoms with van der Waals surface area (Å²) in [7, 11) is 4.53. The van der Waals surface area contributed by atoms with Crippen LogP contribution in [0.15, 0.2) is 53.7 Å². The molecule has 5 heterocycles. The van der Waals surface area contributed by atoms with Gasteiger partial charge >= 0.3 is 0 Å². The Morgan fingerprint density at radius 3 is 2.49 bits per heavy atom. The molecule has 0 amide bonds. The van der Waals surface area contributed by atoms with Gasteiger partial charge in [0.25, 0.3) is 0 Å². The highest BCUT2D eigenvalue weighted by molar-refractivity contribution is 7.91. The third kappa shape index (κ3) is 5.24. The van der Waals surface area contributed by atoms with Gasteiger partial charge in [-0.1, -0.05) is 40.7 Å². The van der Waals surface area contributed by atoms with Crippen LogP contribution in [0, 0.1) is 5.92 Å². The Balaban J connectivity index is 1.78. The summed E-state index contributed by atoms with van der Waals surface area (Å²) < 4.78 is 42.5. The molecule has 0 N–H and O–H groups in total. The van der Waals surface area contributed by atoms with Gasteiger partial charge in [0.1, 0.15) is 10.4 Å². The molecule has 5 aromatic rings. The lowest BCUT2D eigenvalue weighted by Crippen LogP contribution is -2.28. The van der Waals surface area contributed by atoms with Crippen LogP contribution in [-0.2, 0) is 26.7 Å². The molecule has 1 atom stereocenters. The van der Waals surface area contributed by atoms with Crippen molar-refractivity contribution in [2.75, 3.05) is 26.1 Å². The third-order valence-corrected chi connectivity index (χ3v) is 9.31. The van der Waals surface area contributed by atoms with E-state index in [1.165, 1.54) is 12.5 Å². The number of hydrogen-bond donors (Lipinski definition) is 0. The fourth-order valence-electron chi connectivity index (χ4n) is 6.31. The van der Waals surface area contributed by atoms with E-state index in [4.69, 9.17) is 14.5 Å². The summed E-state index contributed by atoms with van der Waals surface area (Å²) in [5.74, 6) is 0.559. The molecular weight excluding hydrogens is 561 g/mol. The minimum atomic E-state index is -3.68. The van der Waals surface area contributed by atoms with Crippen LogP contribution in [0.2, 0.25) is 0 Å². The molecular formula is C29H35B3N6O4S. The monoisotopic (exact) mass is 596 g/mol. The number of aromatic nitrogens is 6. The maximum Gasteiger partial charge on any atom is 0.225 e. The molecule has 1 fully saturated rings. The molecule has 220 valence electrons. The summed E-state index contributed by atoms with van der Waals surface area (Å²) in [6.07, 6.45) is 6.15. The van der Waals surface area contributed by atoms with Crippen molar-refractivity contribution in [3.05, 3.63) is 60.0 Å². The number of benzene rings is 1. The highest BCUT2D eigenvalue weighted by atomic mass is 32.2. The van der Waals surface area contributed by atoms with Gasteiger partial charge < -0.3 is 14.0 Å². The van der Waals surface area contributed by atoms with E-state index in [0.29, 0.717) is 42.1 Å². The zero-order valence-electron chi connectivity index (χ0n) is 25.5. The molecule has 10 nitrogen and oxygen atoms in total. The van der Waals surface area contributed by atoms with E-state index >= 15 is 0 Å². The summed E-state index contributed by atoms with van der Waals surface area (Å²) in [6, 6.07) is 12.2. The maximum atomic E-state index is 13.4. The number of ether oxygens (including phenoxy) is 2. The molecule has 1 aliphatic heterocycles. The summed E-state index contributed by atoms with van der Waals surface area (Å²) in [5, 5.41) is 9.20. The second-order valence-corrected chi connectivity index (χ2v) is 14.3. The van der Waals surface area contributed by atoms with E-state index in [-0.39, 0.29) is 22.0 Å². The first-order valence-corrected chi connectivity index (χ1v) is 16.6. The van der Waals surface area contributed by atoms with E-state index in [1.54, 1.807) is 4.68 Å². The van der Waals surface area contributed by atoms with E-state index in [2.05, 4.69) is 61.6 Å². The summed E-state index contributed by atoms with van der Waals surface area (Å²) in [5.41, 5.74) is 5.65. The predicted molar refractivity (Wildman–Crippen MR) is 175 cm³/mol. The Hall–Kier alpha value is -3.64. The zero-order valence-corrected chi connectivity index (χ0v) is 26.4. The molecule has 0 unspecified atom stereocenters. The lowest BCUT2D eigenvalue weighted by atomic mass is 9.41. The average Bonchev–Trinajstić information content (AvgIpc) is 3.53. The quantitative estimate of drug-likeness (QED) is 0.246. The molecule has 0 aliphatic carbocycles. The van der Waals surface area contributed by atoms with Crippen molar-refractivity contribution in [1.29, 1.82) is 0 Å². The number of fused-ring (bicyclic) bond motifs is 3. The molecule has 1 aromatic carbocycles. The average molecular weight is 596 g/mol. The van der Waals surface area contributed by atoms with E-state index < -0.39 is 9.84 Å². The molecule has 0 spiro atoms. The first kappa shape index (κ1) is 29.4. The smallest absolute Gasteiger partial charge is 0.225 e. The third-order valence-electron chi connectivity index (χ3n) is 8.21. The Morgan fingerprint density at radius 2 is 1.84 bits per heavy atom. The van der Waals surface area contributed by atoms with E-state index in [0.717, 1.165) is 40.9 Å². The van der Waals surface area contributed by atoms with Crippen LogP contribution in [0.5, 0.6) is 5.88 Å². The zero-order chi connectivity index (χ0) is 30.5. The Morgan fingerprint density at radius 1 is 1.12 bits per heavy atom. The molecule has 1 aliphatic rings. The number of nitrogens with zero attached hydrogens (tertiary/aromatic N) is 6. The Labute approximate surface area is 254 Å². The predicted octanol–water partition coefficient (Wildman–Crippen LogP) is 1.21. The number of sulfone groups is 1. The van der Waals surface area contributed by atoms with Crippen molar-refractivity contribution in [1.82, 2.24) is 29.5 Å². The minimum Gasteiger partial charge on any atom is -0.477 e. The van der Waals surface area contributed by atoms with Crippen molar-refractivity contribution < 1.29 is 17.9 Å². The normalized spacial score (nSPS) is 15.7. The van der Waals surface area contributed by atoms with Crippen molar-refractivity contribution >= 4 is 55.3 Å². The van der Waals surface area contributed by atoms with Gasteiger partial charge in [-0.05, 0) is 37.3 Å². The van der Waals surface area contributed by atoms with Gasteiger partial charge in [-0.2, -0.15) is 0 Å². The molecule has 14 heteroatoms. The number of aryl methyl sites for hydroxylation is 1. The molecule has 4 aromatic heterocycles. The van der Waals surface area contributed by atoms with Crippen LogP contribution in [0.25, 0.3) is 33.2 Å². The largest absolute Gasteiger partial charge is 0.477 e. The molecule has 0 radical (unpaired) electrons. The van der Waals surface area contributed by atoms with E-state index in [9.17, 15) is 8.42 Å². The van der Waals surface area contributed by atoms with Gasteiger partial charge in [0, 0.05) is 38.3 Å². The van der Waals surface area contributed by atoms with Crippen molar-refractivity contribution in [2.24, 2.45) is 13.0 Å². The summed E-state index contributed by atoms with van der Waals surface area (Å²) in [6.45, 7) is 3.56. The first-order chi connectivity index (χ1) is 20.5. The molecule has 0 bridgehead atoms. The fraction of sp³-hybridized carbons (Fsp3) is 0.379. The Bertz CT molecular complexity index is 1920. The van der Waals surface area contributed by atoms with Gasteiger partial charge in [-0.15, -0.1) is 5.10 Å². The van der Waals surface area contributed by atoms with Crippen LogP contribution in [0.3, 0.4) is 0 Å². The molecule has 6 rings (SSSR count). The number of pyridine rings is 2. The molecule has 43 heavy (non-hydrogen) atoms. The molecule has 0 saturated carbocycles. The second-order valence-electron chi connectivity index (χ2n) is 12.3. The highest BCUT2D eigenvalue weighted by Gasteiger charge is 2.34. The minimum absolute atomic E-state index is 0.149. The van der Waals surface area contributed by atoms with Crippen molar-refractivity contribution in [2.45, 2.75) is 35.8 Å². The lowest BCUT2D eigenvalue weighted by molar-refractivity contribution is 0.0552. The Kier molecular flexibility index (Phi) is 7.62. The first-order valence-electron chi connectivity index (χ1n) is 14.7. The highest BCUT2D eigenvalue weighted by Crippen LogP contribution is 2.45. The van der Waals surface area contributed by atoms with Crippen LogP contribution in [-0.4, -0.2) is 87.6 Å². The summed E-state index contributed by atoms with van der Waals surface area (Å²) >= 11 is 0. The van der Waals surface area contributed by atoms with Crippen LogP contribution in [0.4, 0.5) is 0 Å². The number of rotatable bonds is 8. The number of hydrogen-bond acceptors (Lipinski definition) is 8. The lowest BCUT2D eigenvalue weighted by Gasteiger charge is -2.33. The fourth-order valence-corrected chi connectivity index (χ4v) is 7.10. The second kappa shape index (κ2) is 11.1. The van der Waals surface area contributed by atoms with Gasteiger partial charge in [0.05, 0.1) is 70.2 Å². The van der Waals surface area contributed by atoms with Crippen molar-refractivity contribution in [3.8, 4) is 17.1 Å². The van der Waals surface area contributed by atoms with Crippen LogP contribution >= 0.6 is 0 Å². The van der Waals surface area contributed by atoms with Crippen LogP contribution in [0.1, 0.15) is 37.1 Å². The van der Waals surface area contributed by atoms with Gasteiger partial charge in [0.15, 0.2) is 9.84 Å². The van der Waals surface area contributed by atoms with Crippen LogP contribution < -0.4 is 4.74 Å².